The first-order valence-electron chi connectivity index (χ1n) is 8.86. The number of aryl methyl sites for hydroxylation is 1. The van der Waals surface area contributed by atoms with Gasteiger partial charge in [-0.25, -0.2) is 4.79 Å². The third-order valence-corrected chi connectivity index (χ3v) is 5.75. The van der Waals surface area contributed by atoms with Crippen LogP contribution in [-0.4, -0.2) is 25.0 Å². The molecule has 0 aliphatic heterocycles. The highest BCUT2D eigenvalue weighted by Crippen LogP contribution is 2.37. The number of carboxylic acids is 1. The van der Waals surface area contributed by atoms with E-state index >= 15 is 0 Å². The van der Waals surface area contributed by atoms with Gasteiger partial charge in [-0.15, -0.1) is 11.3 Å². The lowest BCUT2D eigenvalue weighted by atomic mass is 9.82. The number of amides is 1. The van der Waals surface area contributed by atoms with Crippen LogP contribution in [-0.2, 0) is 14.3 Å². The molecule has 7 heteroatoms. The van der Waals surface area contributed by atoms with Gasteiger partial charge in [0.05, 0.1) is 13.0 Å². The normalized spacial score (nSPS) is 18.5. The molecule has 1 aromatic heterocycles. The van der Waals surface area contributed by atoms with Crippen molar-refractivity contribution in [3.63, 3.8) is 0 Å². The average molecular weight is 398 g/mol. The first-order valence-corrected chi connectivity index (χ1v) is 9.74. The van der Waals surface area contributed by atoms with Crippen molar-refractivity contribution in [2.24, 2.45) is 11.8 Å². The number of ether oxygens (including phenoxy) is 1. The zero-order chi connectivity index (χ0) is 20.3. The van der Waals surface area contributed by atoms with Gasteiger partial charge < -0.3 is 20.0 Å². The van der Waals surface area contributed by atoms with E-state index in [1.165, 1.54) is 18.4 Å². The van der Waals surface area contributed by atoms with Crippen molar-refractivity contribution in [3.05, 3.63) is 52.9 Å². The third-order valence-electron chi connectivity index (χ3n) is 4.85. The lowest BCUT2D eigenvalue weighted by molar-refractivity contribution is -0.313. The quantitative estimate of drug-likeness (QED) is 0.617. The molecule has 0 radical (unpaired) electrons. The fourth-order valence-electron chi connectivity index (χ4n) is 3.27. The SMILES string of the molecule is COC(=O)c1c(-c2ccc(C)cc2)csc1NC(=O)[C@@H]1CC=CC[C@H]1C(=O)[O-]. The number of esters is 1. The van der Waals surface area contributed by atoms with E-state index in [9.17, 15) is 19.5 Å². The van der Waals surface area contributed by atoms with E-state index in [1.54, 1.807) is 17.5 Å². The van der Waals surface area contributed by atoms with E-state index in [4.69, 9.17) is 4.74 Å². The second-order valence-electron chi connectivity index (χ2n) is 6.68. The summed E-state index contributed by atoms with van der Waals surface area (Å²) in [6.45, 7) is 1.97. The topological polar surface area (TPSA) is 95.5 Å². The summed E-state index contributed by atoms with van der Waals surface area (Å²) in [5.41, 5.74) is 2.84. The highest BCUT2D eigenvalue weighted by molar-refractivity contribution is 7.15. The average Bonchev–Trinajstić information content (AvgIpc) is 3.11. The lowest BCUT2D eigenvalue weighted by Crippen LogP contribution is -2.41. The molecule has 28 heavy (non-hydrogen) atoms. The van der Waals surface area contributed by atoms with Crippen LogP contribution in [0.1, 0.15) is 28.8 Å². The molecule has 0 spiro atoms. The summed E-state index contributed by atoms with van der Waals surface area (Å²) < 4.78 is 4.91. The maximum atomic E-state index is 12.8. The van der Waals surface area contributed by atoms with Crippen LogP contribution in [0.5, 0.6) is 0 Å². The Kier molecular flexibility index (Phi) is 5.94. The Bertz CT molecular complexity index is 929. The summed E-state index contributed by atoms with van der Waals surface area (Å²) in [4.78, 5) is 36.5. The number of nitrogens with one attached hydrogen (secondary N) is 1. The predicted octanol–water partition coefficient (Wildman–Crippen LogP) is 2.78. The fraction of sp³-hybridized carbons (Fsp3) is 0.286. The van der Waals surface area contributed by atoms with E-state index in [1.807, 2.05) is 31.2 Å². The summed E-state index contributed by atoms with van der Waals surface area (Å²) in [5.74, 6) is -3.88. The summed E-state index contributed by atoms with van der Waals surface area (Å²) in [6.07, 6.45) is 4.10. The first-order chi connectivity index (χ1) is 13.4. The van der Waals surface area contributed by atoms with Gasteiger partial charge in [0.1, 0.15) is 10.6 Å². The Morgan fingerprint density at radius 3 is 2.36 bits per heavy atom. The van der Waals surface area contributed by atoms with Crippen LogP contribution in [0.3, 0.4) is 0 Å². The third kappa shape index (κ3) is 3.99. The summed E-state index contributed by atoms with van der Waals surface area (Å²) >= 11 is 1.21. The number of thiophene rings is 1. The van der Waals surface area contributed by atoms with Gasteiger partial charge in [0.25, 0.3) is 0 Å². The summed E-state index contributed by atoms with van der Waals surface area (Å²) in [7, 11) is 1.28. The van der Waals surface area contributed by atoms with Crippen molar-refractivity contribution >= 4 is 34.2 Å². The molecule has 1 amide bonds. The highest BCUT2D eigenvalue weighted by Gasteiger charge is 2.31. The number of hydrogen-bond donors (Lipinski definition) is 1. The van der Waals surface area contributed by atoms with Gasteiger partial charge in [0, 0.05) is 22.8 Å². The number of rotatable bonds is 5. The first kappa shape index (κ1) is 19.8. The van der Waals surface area contributed by atoms with Crippen molar-refractivity contribution in [3.8, 4) is 11.1 Å². The van der Waals surface area contributed by atoms with E-state index < -0.39 is 29.7 Å². The molecule has 0 unspecified atom stereocenters. The minimum atomic E-state index is -1.25. The Hall–Kier alpha value is -2.93. The minimum Gasteiger partial charge on any atom is -0.550 e. The highest BCUT2D eigenvalue weighted by atomic mass is 32.1. The number of carbonyl (C=O) groups is 3. The second-order valence-corrected chi connectivity index (χ2v) is 7.55. The van der Waals surface area contributed by atoms with E-state index in [0.717, 1.165) is 11.1 Å². The van der Waals surface area contributed by atoms with Crippen LogP contribution in [0.4, 0.5) is 5.00 Å². The smallest absolute Gasteiger partial charge is 0.341 e. The van der Waals surface area contributed by atoms with Gasteiger partial charge in [-0.2, -0.15) is 0 Å². The van der Waals surface area contributed by atoms with Crippen molar-refractivity contribution in [1.82, 2.24) is 0 Å². The fourth-order valence-corrected chi connectivity index (χ4v) is 4.23. The zero-order valence-electron chi connectivity index (χ0n) is 15.6. The molecule has 1 aliphatic carbocycles. The van der Waals surface area contributed by atoms with Gasteiger partial charge in [-0.3, -0.25) is 4.79 Å². The van der Waals surface area contributed by atoms with E-state index in [-0.39, 0.29) is 12.0 Å². The van der Waals surface area contributed by atoms with Crippen molar-refractivity contribution in [2.45, 2.75) is 19.8 Å². The number of carboxylic acid groups (broad SMARTS) is 1. The Labute approximate surface area is 166 Å². The number of benzene rings is 1. The summed E-state index contributed by atoms with van der Waals surface area (Å²) in [5, 5.41) is 16.2. The molecule has 1 aliphatic rings. The van der Waals surface area contributed by atoms with Gasteiger partial charge in [0.2, 0.25) is 5.91 Å². The van der Waals surface area contributed by atoms with Crippen LogP contribution in [0.15, 0.2) is 41.8 Å². The molecule has 1 aromatic carbocycles. The molecule has 1 N–H and O–H groups in total. The van der Waals surface area contributed by atoms with Gasteiger partial charge >= 0.3 is 5.97 Å². The maximum absolute atomic E-state index is 12.8. The van der Waals surface area contributed by atoms with Crippen molar-refractivity contribution in [1.29, 1.82) is 0 Å². The Morgan fingerprint density at radius 1 is 1.11 bits per heavy atom. The Balaban J connectivity index is 1.92. The van der Waals surface area contributed by atoms with Gasteiger partial charge in [-0.05, 0) is 25.3 Å². The molecule has 0 bridgehead atoms. The molecule has 0 fully saturated rings. The van der Waals surface area contributed by atoms with Crippen LogP contribution in [0.25, 0.3) is 11.1 Å². The zero-order valence-corrected chi connectivity index (χ0v) is 16.4. The lowest BCUT2D eigenvalue weighted by Gasteiger charge is -2.28. The minimum absolute atomic E-state index is 0.253. The largest absolute Gasteiger partial charge is 0.550 e. The number of allylic oxidation sites excluding steroid dienone is 2. The van der Waals surface area contributed by atoms with E-state index in [2.05, 4.69) is 5.32 Å². The predicted molar refractivity (Wildman–Crippen MR) is 105 cm³/mol. The second kappa shape index (κ2) is 8.39. The van der Waals surface area contributed by atoms with Gasteiger partial charge in [-0.1, -0.05) is 42.0 Å². The number of methoxy groups -OCH3 is 1. The standard InChI is InChI=1S/C21H21NO5S/c1-12-7-9-13(10-8-12)16-11-28-19(17(16)21(26)27-2)22-18(23)14-5-3-4-6-15(14)20(24)25/h3-4,7-11,14-15H,5-6H2,1-2H3,(H,22,23)(H,24,25)/p-1/t14-,15-/m1/s1. The molecule has 3 rings (SSSR count). The van der Waals surface area contributed by atoms with Crippen molar-refractivity contribution in [2.75, 3.05) is 12.4 Å². The molecule has 2 atom stereocenters. The molecular formula is C21H20NO5S-. The maximum Gasteiger partial charge on any atom is 0.341 e. The monoisotopic (exact) mass is 398 g/mol. The number of carbonyl (C=O) groups excluding carboxylic acids is 3. The molecule has 0 saturated heterocycles. The van der Waals surface area contributed by atoms with Crippen LogP contribution >= 0.6 is 11.3 Å². The van der Waals surface area contributed by atoms with Gasteiger partial charge in [0.15, 0.2) is 0 Å². The Morgan fingerprint density at radius 2 is 1.75 bits per heavy atom. The molecule has 2 aromatic rings. The molecule has 1 heterocycles. The van der Waals surface area contributed by atoms with Crippen LogP contribution < -0.4 is 10.4 Å². The number of aliphatic carboxylic acids is 1. The number of anilines is 1. The van der Waals surface area contributed by atoms with Crippen LogP contribution in [0, 0.1) is 18.8 Å². The van der Waals surface area contributed by atoms with Crippen LogP contribution in [0.2, 0.25) is 0 Å². The number of hydrogen-bond acceptors (Lipinski definition) is 6. The molecule has 6 nitrogen and oxygen atoms in total. The molecule has 0 saturated carbocycles. The molecular weight excluding hydrogens is 378 g/mol. The summed E-state index contributed by atoms with van der Waals surface area (Å²) in [6, 6.07) is 7.66. The molecule has 146 valence electrons. The van der Waals surface area contributed by atoms with E-state index in [0.29, 0.717) is 17.0 Å². The van der Waals surface area contributed by atoms with Crippen molar-refractivity contribution < 1.29 is 24.2 Å².